The average Bonchev–Trinajstić information content (AvgIpc) is 3.00. The monoisotopic (exact) mass is 493 g/mol. The van der Waals surface area contributed by atoms with E-state index >= 15 is 0 Å². The number of anilines is 3. The number of rotatable bonds is 7. The van der Waals surface area contributed by atoms with Crippen LogP contribution in [0.2, 0.25) is 5.02 Å². The van der Waals surface area contributed by atoms with Gasteiger partial charge in [0, 0.05) is 31.3 Å². The lowest BCUT2D eigenvalue weighted by Crippen LogP contribution is -2.40. The Kier molecular flexibility index (Phi) is 7.48. The maximum Gasteiger partial charge on any atom is 0.229 e. The number of allylic oxidation sites excluding steroid dienone is 1. The largest absolute Gasteiger partial charge is 0.490 e. The standard InChI is InChI=1S/C24H24ClN7O3/c1-15(33)32-11-9-22(34)29-18-8-7-16(13-20(18)32)28-24-27-14-17(25)23(31-24)30-19-5-2-3-6-21(19)35-12-4-10-26/h2-3,5-7,13-14,18H,4,8-9,11-12H2,1H3,(H,29,34)(H2,27,28,30,31). The summed E-state index contributed by atoms with van der Waals surface area (Å²) >= 11 is 6.33. The molecule has 1 aromatic heterocycles. The number of benzene rings is 1. The Morgan fingerprint density at radius 2 is 2.20 bits per heavy atom. The average molecular weight is 494 g/mol. The van der Waals surface area contributed by atoms with Gasteiger partial charge in [-0.2, -0.15) is 10.2 Å². The third-order valence-corrected chi connectivity index (χ3v) is 5.71. The van der Waals surface area contributed by atoms with Crippen molar-refractivity contribution in [2.24, 2.45) is 0 Å². The van der Waals surface area contributed by atoms with Crippen LogP contribution in [0.5, 0.6) is 5.75 Å². The van der Waals surface area contributed by atoms with Crippen LogP contribution < -0.4 is 20.7 Å². The topological polar surface area (TPSA) is 132 Å². The summed E-state index contributed by atoms with van der Waals surface area (Å²) in [5, 5.41) is 18.3. The van der Waals surface area contributed by atoms with E-state index in [1.165, 1.54) is 13.1 Å². The highest BCUT2D eigenvalue weighted by molar-refractivity contribution is 6.32. The highest BCUT2D eigenvalue weighted by atomic mass is 35.5. The first kappa shape index (κ1) is 24.0. The molecule has 1 aliphatic heterocycles. The third kappa shape index (κ3) is 5.88. The van der Waals surface area contributed by atoms with Gasteiger partial charge in [-0.3, -0.25) is 9.59 Å². The summed E-state index contributed by atoms with van der Waals surface area (Å²) in [5.41, 5.74) is 2.07. The van der Waals surface area contributed by atoms with E-state index in [1.807, 2.05) is 36.4 Å². The molecule has 1 aliphatic carbocycles. The second-order valence-electron chi connectivity index (χ2n) is 7.90. The van der Waals surface area contributed by atoms with Gasteiger partial charge in [0.05, 0.1) is 30.4 Å². The van der Waals surface area contributed by atoms with Gasteiger partial charge in [-0.1, -0.05) is 29.8 Å². The van der Waals surface area contributed by atoms with E-state index in [2.05, 4.69) is 25.9 Å². The van der Waals surface area contributed by atoms with E-state index in [4.69, 9.17) is 21.6 Å². The van der Waals surface area contributed by atoms with Gasteiger partial charge in [0.15, 0.2) is 5.82 Å². The number of nitrogens with zero attached hydrogens (tertiary/aromatic N) is 4. The number of aromatic nitrogens is 2. The minimum absolute atomic E-state index is 0.0805. The second-order valence-corrected chi connectivity index (χ2v) is 8.31. The maximum absolute atomic E-state index is 12.2. The summed E-state index contributed by atoms with van der Waals surface area (Å²) in [6.07, 6.45) is 6.27. The van der Waals surface area contributed by atoms with E-state index < -0.39 is 0 Å². The van der Waals surface area contributed by atoms with E-state index in [-0.39, 0.29) is 37.3 Å². The molecule has 2 aromatic rings. The molecule has 2 aliphatic rings. The Hall–Kier alpha value is -4.10. The van der Waals surface area contributed by atoms with Crippen molar-refractivity contribution in [3.05, 3.63) is 59.0 Å². The van der Waals surface area contributed by atoms with Crippen LogP contribution in [0.15, 0.2) is 54.0 Å². The molecular weight excluding hydrogens is 470 g/mol. The summed E-state index contributed by atoms with van der Waals surface area (Å²) in [4.78, 5) is 34.6. The van der Waals surface area contributed by atoms with Gasteiger partial charge >= 0.3 is 0 Å². The number of nitrogens with one attached hydrogen (secondary N) is 3. The predicted octanol–water partition coefficient (Wildman–Crippen LogP) is 3.49. The number of ether oxygens (including phenoxy) is 1. The zero-order chi connectivity index (χ0) is 24.8. The fourth-order valence-electron chi connectivity index (χ4n) is 3.79. The van der Waals surface area contributed by atoms with Crippen molar-refractivity contribution in [2.45, 2.75) is 32.2 Å². The zero-order valence-corrected chi connectivity index (χ0v) is 19.8. The summed E-state index contributed by atoms with van der Waals surface area (Å²) in [7, 11) is 0. The lowest BCUT2D eigenvalue weighted by Gasteiger charge is -2.29. The molecule has 180 valence electrons. The number of carbonyl (C=O) groups is 2. The Bertz CT molecular complexity index is 1240. The molecule has 1 fully saturated rings. The number of carbonyl (C=O) groups excluding carboxylic acids is 2. The molecule has 0 bridgehead atoms. The summed E-state index contributed by atoms with van der Waals surface area (Å²) < 4.78 is 5.67. The first-order valence-electron chi connectivity index (χ1n) is 11.1. The maximum atomic E-state index is 12.2. The first-order valence-corrected chi connectivity index (χ1v) is 11.5. The summed E-state index contributed by atoms with van der Waals surface area (Å²) in [5.74, 6) is 1.03. The molecule has 11 heteroatoms. The van der Waals surface area contributed by atoms with Crippen LogP contribution in [0.3, 0.4) is 0 Å². The second kappa shape index (κ2) is 10.9. The zero-order valence-electron chi connectivity index (χ0n) is 19.0. The van der Waals surface area contributed by atoms with Gasteiger partial charge in [0.25, 0.3) is 0 Å². The van der Waals surface area contributed by atoms with Crippen molar-refractivity contribution in [3.63, 3.8) is 0 Å². The summed E-state index contributed by atoms with van der Waals surface area (Å²) in [6, 6.07) is 9.06. The minimum atomic E-state index is -0.264. The first-order chi connectivity index (χ1) is 16.9. The Balaban J connectivity index is 1.53. The van der Waals surface area contributed by atoms with Crippen molar-refractivity contribution in [1.29, 1.82) is 5.26 Å². The van der Waals surface area contributed by atoms with Gasteiger partial charge in [0.1, 0.15) is 17.4 Å². The number of amides is 2. The molecule has 1 unspecified atom stereocenters. The highest BCUT2D eigenvalue weighted by Crippen LogP contribution is 2.31. The molecule has 3 N–H and O–H groups in total. The Morgan fingerprint density at radius 1 is 1.37 bits per heavy atom. The molecule has 0 spiro atoms. The quantitative estimate of drug-likeness (QED) is 0.499. The molecule has 0 saturated carbocycles. The van der Waals surface area contributed by atoms with Gasteiger partial charge < -0.3 is 25.6 Å². The van der Waals surface area contributed by atoms with Gasteiger partial charge in [-0.25, -0.2) is 4.98 Å². The fourth-order valence-corrected chi connectivity index (χ4v) is 3.93. The van der Waals surface area contributed by atoms with Gasteiger partial charge in [-0.05, 0) is 24.6 Å². The smallest absolute Gasteiger partial charge is 0.229 e. The highest BCUT2D eigenvalue weighted by Gasteiger charge is 2.30. The van der Waals surface area contributed by atoms with Crippen LogP contribution in [0.4, 0.5) is 17.5 Å². The lowest BCUT2D eigenvalue weighted by atomic mass is 10.0. The van der Waals surface area contributed by atoms with E-state index in [1.54, 1.807) is 11.0 Å². The molecule has 2 heterocycles. The molecule has 10 nitrogen and oxygen atoms in total. The van der Waals surface area contributed by atoms with Gasteiger partial charge in [-0.15, -0.1) is 0 Å². The van der Waals surface area contributed by atoms with E-state index in [0.29, 0.717) is 46.9 Å². The lowest BCUT2D eigenvalue weighted by molar-refractivity contribution is -0.127. The molecule has 1 atom stereocenters. The number of para-hydroxylation sites is 2. The van der Waals surface area contributed by atoms with Crippen molar-refractivity contribution in [3.8, 4) is 11.8 Å². The van der Waals surface area contributed by atoms with Gasteiger partial charge in [0.2, 0.25) is 17.8 Å². The van der Waals surface area contributed by atoms with Crippen molar-refractivity contribution >= 4 is 40.9 Å². The molecular formula is C24H24ClN7O3. The fraction of sp³-hybridized carbons (Fsp3) is 0.292. The molecule has 1 aromatic carbocycles. The predicted molar refractivity (Wildman–Crippen MR) is 131 cm³/mol. The van der Waals surface area contributed by atoms with Crippen LogP contribution in [-0.2, 0) is 9.59 Å². The molecule has 4 rings (SSSR count). The van der Waals surface area contributed by atoms with Crippen molar-refractivity contribution in [1.82, 2.24) is 20.2 Å². The van der Waals surface area contributed by atoms with Crippen molar-refractivity contribution in [2.75, 3.05) is 23.8 Å². The molecule has 2 amide bonds. The molecule has 35 heavy (non-hydrogen) atoms. The summed E-state index contributed by atoms with van der Waals surface area (Å²) in [6.45, 7) is 2.08. The number of hydrogen-bond donors (Lipinski definition) is 3. The minimum Gasteiger partial charge on any atom is -0.490 e. The van der Waals surface area contributed by atoms with Crippen LogP contribution in [-0.4, -0.2) is 45.9 Å². The van der Waals surface area contributed by atoms with E-state index in [9.17, 15) is 9.59 Å². The number of halogens is 1. The number of hydrogen-bond acceptors (Lipinski definition) is 8. The molecule has 1 saturated heterocycles. The van der Waals surface area contributed by atoms with Crippen LogP contribution in [0, 0.1) is 11.3 Å². The SMILES string of the molecule is CC(=O)N1CCC(=O)NC2CC=C(Nc3ncc(Cl)c(Nc4ccccc4OCCC#N)n3)C=C21. The third-order valence-electron chi connectivity index (χ3n) is 5.44. The van der Waals surface area contributed by atoms with Crippen LogP contribution in [0.1, 0.15) is 26.2 Å². The number of nitriles is 1. The van der Waals surface area contributed by atoms with Crippen molar-refractivity contribution < 1.29 is 14.3 Å². The normalized spacial score (nSPS) is 17.1. The van der Waals surface area contributed by atoms with Crippen LogP contribution in [0.25, 0.3) is 0 Å². The van der Waals surface area contributed by atoms with E-state index in [0.717, 1.165) is 5.70 Å². The Labute approximate surface area is 207 Å². The molecule has 0 radical (unpaired) electrons. The number of fused-ring (bicyclic) bond motifs is 1. The van der Waals surface area contributed by atoms with Crippen LogP contribution >= 0.6 is 11.6 Å². The Morgan fingerprint density at radius 3 is 3.00 bits per heavy atom.